The maximum atomic E-state index is 14.2. The number of hydrogen-bond acceptors (Lipinski definition) is 23. The first-order valence-corrected chi connectivity index (χ1v) is 29.5. The van der Waals surface area contributed by atoms with Gasteiger partial charge in [-0.2, -0.15) is 0 Å². The van der Waals surface area contributed by atoms with Crippen LogP contribution >= 0.6 is 68.0 Å². The number of pyridine rings is 1. The maximum absolute atomic E-state index is 14.2. The summed E-state index contributed by atoms with van der Waals surface area (Å²) in [6.45, 7) is 1.09. The molecule has 9 N–H and O–H groups in total. The fourth-order valence-electron chi connectivity index (χ4n) is 8.47. The molecule has 6 amide bonds. The number of aliphatic hydroxyl groups excluding tert-OH is 1. The van der Waals surface area contributed by atoms with E-state index < -0.39 is 60.4 Å². The minimum atomic E-state index is -1.27. The Balaban J connectivity index is 1.02. The van der Waals surface area contributed by atoms with Crippen molar-refractivity contribution in [2.75, 3.05) is 31.3 Å². The number of rotatable bonds is 9. The Kier molecular flexibility index (Phi) is 16.9. The number of benzene rings is 1. The Morgan fingerprint density at radius 3 is 2.27 bits per heavy atom. The summed E-state index contributed by atoms with van der Waals surface area (Å²) in [4.78, 5) is 116. The normalized spacial score (nSPS) is 18.4. The molecular formula is C50H48N14O9S6. The summed E-state index contributed by atoms with van der Waals surface area (Å²) in [5.74, 6) is -2.80. The van der Waals surface area contributed by atoms with E-state index >= 15 is 0 Å². The number of aromatic nitrogens is 7. The van der Waals surface area contributed by atoms with Crippen LogP contribution in [0.15, 0.2) is 64.0 Å². The lowest BCUT2D eigenvalue weighted by Gasteiger charge is -2.25. The van der Waals surface area contributed by atoms with Crippen LogP contribution in [-0.4, -0.2) is 108 Å². The monoisotopic (exact) mass is 1180 g/mol. The minimum Gasteiger partial charge on any atom is -0.446 e. The zero-order valence-corrected chi connectivity index (χ0v) is 47.0. The number of fused-ring (bicyclic) bond motifs is 14. The lowest BCUT2D eigenvalue weighted by atomic mass is 9.94. The van der Waals surface area contributed by atoms with Crippen molar-refractivity contribution < 1.29 is 43.3 Å². The highest BCUT2D eigenvalue weighted by Crippen LogP contribution is 2.40. The summed E-state index contributed by atoms with van der Waals surface area (Å²) in [6.07, 6.45) is 0.551. The summed E-state index contributed by atoms with van der Waals surface area (Å²) in [7, 11) is 2.89. The first-order valence-electron chi connectivity index (χ1n) is 24.4. The van der Waals surface area contributed by atoms with Crippen molar-refractivity contribution >= 4 is 115 Å². The summed E-state index contributed by atoms with van der Waals surface area (Å²) < 4.78 is 11.0. The molecule has 1 fully saturated rings. The quantitative estimate of drug-likeness (QED) is 0.0705. The third-order valence-electron chi connectivity index (χ3n) is 12.5. The molecule has 0 saturated heterocycles. The average Bonchev–Trinajstić information content (AvgIpc) is 4.33. The van der Waals surface area contributed by atoms with Crippen molar-refractivity contribution in [1.29, 1.82) is 0 Å². The number of amides is 6. The molecule has 23 nitrogen and oxygen atoms in total. The van der Waals surface area contributed by atoms with Crippen LogP contribution in [-0.2, 0) is 25.7 Å². The Morgan fingerprint density at radius 1 is 0.747 bits per heavy atom. The van der Waals surface area contributed by atoms with Crippen molar-refractivity contribution in [3.8, 4) is 43.4 Å². The van der Waals surface area contributed by atoms with E-state index in [1.54, 1.807) is 70.9 Å². The lowest BCUT2D eigenvalue weighted by Crippen LogP contribution is -2.40. The summed E-state index contributed by atoms with van der Waals surface area (Å²) >= 11 is 6.99. The number of anilines is 2. The van der Waals surface area contributed by atoms with Crippen molar-refractivity contribution in [2.45, 2.75) is 76.0 Å². The van der Waals surface area contributed by atoms with Crippen LogP contribution in [0.4, 0.5) is 15.7 Å². The molecule has 29 heteroatoms. The van der Waals surface area contributed by atoms with Gasteiger partial charge in [0.15, 0.2) is 5.13 Å². The van der Waals surface area contributed by atoms with Crippen LogP contribution in [0, 0.1) is 6.92 Å². The molecule has 7 aromatic heterocycles. The van der Waals surface area contributed by atoms with Gasteiger partial charge < -0.3 is 41.6 Å². The van der Waals surface area contributed by atoms with Crippen LogP contribution in [0.3, 0.4) is 0 Å². The number of carbonyl (C=O) groups excluding carboxylic acids is 6. The molecule has 0 spiro atoms. The van der Waals surface area contributed by atoms with E-state index in [1.807, 2.05) is 0 Å². The first kappa shape index (κ1) is 55.0. The number of nitrogens with zero attached hydrogens (tertiary/aromatic N) is 7. The predicted molar refractivity (Wildman–Crippen MR) is 300 cm³/mol. The van der Waals surface area contributed by atoms with E-state index in [0.29, 0.717) is 76.5 Å². The molecule has 1 aliphatic heterocycles. The van der Waals surface area contributed by atoms with E-state index in [2.05, 4.69) is 46.9 Å². The van der Waals surface area contributed by atoms with Gasteiger partial charge in [-0.15, -0.1) is 56.7 Å². The molecule has 10 bridgehead atoms. The second-order valence-electron chi connectivity index (χ2n) is 18.0. The van der Waals surface area contributed by atoms with Gasteiger partial charge in [-0.1, -0.05) is 41.7 Å². The van der Waals surface area contributed by atoms with Crippen LogP contribution in [0.1, 0.15) is 107 Å². The number of aryl methyl sites for hydroxylation is 1. The smallest absolute Gasteiger partial charge is 0.413 e. The molecule has 1 aromatic carbocycles. The largest absolute Gasteiger partial charge is 0.446 e. The van der Waals surface area contributed by atoms with Crippen LogP contribution in [0.2, 0.25) is 0 Å². The number of ether oxygens (including phenoxy) is 2. The van der Waals surface area contributed by atoms with E-state index in [9.17, 15) is 33.9 Å². The lowest BCUT2D eigenvalue weighted by molar-refractivity contribution is -0.122. The highest BCUT2D eigenvalue weighted by atomic mass is 32.1. The van der Waals surface area contributed by atoms with Crippen LogP contribution in [0.5, 0.6) is 0 Å². The maximum Gasteiger partial charge on any atom is 0.413 e. The summed E-state index contributed by atoms with van der Waals surface area (Å²) in [5.41, 5.74) is 8.65. The first-order chi connectivity index (χ1) is 38.2. The van der Waals surface area contributed by atoms with Crippen LogP contribution in [0.25, 0.3) is 43.4 Å². The number of nitrogens with two attached hydrogens (primary N) is 1. The summed E-state index contributed by atoms with van der Waals surface area (Å²) in [6, 6.07) is 10.3. The topological polar surface area (TPSA) is 330 Å². The van der Waals surface area contributed by atoms with Crippen molar-refractivity contribution in [3.63, 3.8) is 0 Å². The van der Waals surface area contributed by atoms with Gasteiger partial charge >= 0.3 is 6.09 Å². The highest BCUT2D eigenvalue weighted by Gasteiger charge is 2.32. The zero-order chi connectivity index (χ0) is 55.3. The molecule has 1 aliphatic carbocycles. The van der Waals surface area contributed by atoms with Crippen molar-refractivity contribution in [1.82, 2.24) is 56.2 Å². The van der Waals surface area contributed by atoms with Gasteiger partial charge in [-0.3, -0.25) is 34.6 Å². The number of methoxy groups -OCH3 is 1. The minimum absolute atomic E-state index is 0.00643. The fraction of sp³-hybridized carbons (Fsp3) is 0.300. The SMILES string of the molecule is CNC(=O)C[C@@H]1NC(=O)c2csc(n2)-c2ccc(-c3nc(NC(=O)OC4CCC(N)CC4)cs3)nc2-c2csc(n2)-c2csc(n2)[C@H]([C@@H](O)c2ccccc2)NC(=O)CNC(=O)c2nc(sc2COC)NC(=O)c2nc1sc2C. The van der Waals surface area contributed by atoms with E-state index in [-0.39, 0.29) is 58.2 Å². The summed E-state index contributed by atoms with van der Waals surface area (Å²) in [5, 5.41) is 37.0. The number of nitrogens with one attached hydrogen (secondary N) is 6. The molecule has 2 aliphatic rings. The molecule has 8 aromatic rings. The van der Waals surface area contributed by atoms with E-state index in [0.717, 1.165) is 35.5 Å². The number of carbonyl (C=O) groups is 6. The van der Waals surface area contributed by atoms with E-state index in [1.165, 1.54) is 59.5 Å². The third-order valence-corrected chi connectivity index (χ3v) is 18.0. The van der Waals surface area contributed by atoms with Gasteiger partial charge in [0.2, 0.25) is 11.8 Å². The number of hydrogen-bond donors (Lipinski definition) is 8. The molecule has 79 heavy (non-hydrogen) atoms. The van der Waals surface area contributed by atoms with Gasteiger partial charge in [0.25, 0.3) is 17.7 Å². The van der Waals surface area contributed by atoms with Gasteiger partial charge in [-0.25, -0.2) is 39.7 Å². The van der Waals surface area contributed by atoms with Crippen molar-refractivity contribution in [2.24, 2.45) is 5.73 Å². The van der Waals surface area contributed by atoms with Gasteiger partial charge in [-0.05, 0) is 50.3 Å². The average molecular weight is 1180 g/mol. The Morgan fingerprint density at radius 2 is 1.48 bits per heavy atom. The molecule has 0 unspecified atom stereocenters. The Bertz CT molecular complexity index is 3570. The molecule has 408 valence electrons. The highest BCUT2D eigenvalue weighted by molar-refractivity contribution is 7.16. The molecule has 0 radical (unpaired) electrons. The standard InChI is InChI=1S/C50H48N14O9S6/c1-22-36-43(70)64-49-63-38(32(79-49)17-72-3)42(69)53-16-35(66)61-39(40(67)23-7-5-4-6-8-23)48-58-31(20-76-48)46-56-29(18-75-46)37-26(44-57-30(19-74-44)41(68)55-28(15-34(65)52-2)47(62-36)78-22)13-14-27(54-37)45-59-33(21-77-45)60-50(71)73-25-11-9-24(51)10-12-25/h4-8,13-14,18-21,24-25,28,39-40,67H,9-12,15-17,51H2,1-3H3,(H,52,65)(H,53,69)(H,55,68)(H,60,71)(H,61,66)(H,63,64,70)/t24?,25?,28-,39-,40-/m0/s1. The van der Waals surface area contributed by atoms with Gasteiger partial charge in [0, 0.05) is 52.2 Å². The fourth-order valence-corrected chi connectivity index (χ4v) is 13.6. The Hall–Kier alpha value is -7.35. The molecule has 10 rings (SSSR count). The Labute approximate surface area is 473 Å². The third kappa shape index (κ3) is 12.7. The van der Waals surface area contributed by atoms with Gasteiger partial charge in [0.05, 0.1) is 36.2 Å². The second kappa shape index (κ2) is 24.3. The second-order valence-corrected chi connectivity index (χ2v) is 23.7. The van der Waals surface area contributed by atoms with Gasteiger partial charge in [0.1, 0.15) is 83.3 Å². The predicted octanol–water partition coefficient (Wildman–Crippen LogP) is 7.26. The molecular weight excluding hydrogens is 1130 g/mol. The van der Waals surface area contributed by atoms with E-state index in [4.69, 9.17) is 35.1 Å². The number of aliphatic hydroxyl groups is 1. The molecule has 3 atom stereocenters. The molecule has 8 heterocycles. The number of thiazole rings is 6. The molecule has 1 saturated carbocycles. The van der Waals surface area contributed by atoms with Crippen LogP contribution < -0.4 is 37.6 Å². The zero-order valence-electron chi connectivity index (χ0n) is 42.1. The van der Waals surface area contributed by atoms with Crippen molar-refractivity contribution in [3.05, 3.63) is 106 Å².